The van der Waals surface area contributed by atoms with E-state index in [2.05, 4.69) is 0 Å². The topological polar surface area (TPSA) is 52.6 Å². The molecule has 0 amide bonds. The Kier molecular flexibility index (Phi) is 6.92. The van der Waals surface area contributed by atoms with Crippen molar-refractivity contribution in [1.82, 2.24) is 0 Å². The van der Waals surface area contributed by atoms with Crippen molar-refractivity contribution in [3.05, 3.63) is 35.9 Å². The van der Waals surface area contributed by atoms with Crippen LogP contribution in [0.1, 0.15) is 39.2 Å². The fourth-order valence-corrected chi connectivity index (χ4v) is 2.22. The molecule has 0 spiro atoms. The molecule has 0 radical (unpaired) electrons. The van der Waals surface area contributed by atoms with Crippen molar-refractivity contribution in [1.29, 1.82) is 0 Å². The third-order valence-corrected chi connectivity index (χ3v) is 3.73. The molecule has 0 aliphatic heterocycles. The van der Waals surface area contributed by atoms with Gasteiger partial charge in [0.25, 0.3) is 0 Å². The molecule has 0 atom stereocenters. The van der Waals surface area contributed by atoms with E-state index in [1.165, 1.54) is 0 Å². The van der Waals surface area contributed by atoms with E-state index < -0.39 is 17.4 Å². The van der Waals surface area contributed by atoms with Gasteiger partial charge in [-0.05, 0) is 25.3 Å². The van der Waals surface area contributed by atoms with Crippen molar-refractivity contribution in [2.75, 3.05) is 13.2 Å². The lowest BCUT2D eigenvalue weighted by Crippen LogP contribution is -2.41. The maximum absolute atomic E-state index is 12.3. The summed E-state index contributed by atoms with van der Waals surface area (Å²) in [5.74, 6) is -0.971. The summed E-state index contributed by atoms with van der Waals surface area (Å²) in [7, 11) is 0. The van der Waals surface area contributed by atoms with E-state index in [1.54, 1.807) is 20.8 Å². The Hall–Kier alpha value is -1.84. The van der Waals surface area contributed by atoms with Crippen molar-refractivity contribution in [3.63, 3.8) is 0 Å². The molecule has 4 nitrogen and oxygen atoms in total. The second-order valence-corrected chi connectivity index (χ2v) is 4.88. The first-order valence-electron chi connectivity index (χ1n) is 7.49. The molecular weight excluding hydrogens is 268 g/mol. The first-order chi connectivity index (χ1) is 10.1. The molecule has 0 fully saturated rings. The standard InChI is InChI=1S/C17H24O4/c1-4-17(5-2,15(18)20-6-3)16(19)21-13-12-14-10-8-7-9-11-14/h7-11H,4-6,12-13H2,1-3H3. The molecule has 0 aromatic heterocycles. The lowest BCUT2D eigenvalue weighted by molar-refractivity contribution is -0.173. The van der Waals surface area contributed by atoms with E-state index in [0.717, 1.165) is 5.56 Å². The number of rotatable bonds is 8. The molecule has 1 rings (SSSR count). The van der Waals surface area contributed by atoms with Crippen molar-refractivity contribution in [3.8, 4) is 0 Å². The maximum atomic E-state index is 12.3. The SMILES string of the molecule is CCOC(=O)C(CC)(CC)C(=O)OCCc1ccccc1. The minimum atomic E-state index is -1.17. The number of carbonyl (C=O) groups is 2. The molecule has 1 aromatic rings. The van der Waals surface area contributed by atoms with Crippen LogP contribution in [0.15, 0.2) is 30.3 Å². The number of hydrogen-bond acceptors (Lipinski definition) is 4. The summed E-state index contributed by atoms with van der Waals surface area (Å²) >= 11 is 0. The zero-order valence-electron chi connectivity index (χ0n) is 13.1. The van der Waals surface area contributed by atoms with Crippen LogP contribution >= 0.6 is 0 Å². The van der Waals surface area contributed by atoms with Crippen LogP contribution < -0.4 is 0 Å². The molecule has 116 valence electrons. The lowest BCUT2D eigenvalue weighted by atomic mass is 9.82. The highest BCUT2D eigenvalue weighted by Gasteiger charge is 2.45. The van der Waals surface area contributed by atoms with E-state index in [9.17, 15) is 9.59 Å². The largest absolute Gasteiger partial charge is 0.465 e. The Bertz CT molecular complexity index is 449. The Morgan fingerprint density at radius 1 is 0.952 bits per heavy atom. The second-order valence-electron chi connectivity index (χ2n) is 4.88. The highest BCUT2D eigenvalue weighted by Crippen LogP contribution is 2.30. The predicted octanol–water partition coefficient (Wildman–Crippen LogP) is 3.14. The zero-order chi connectivity index (χ0) is 15.7. The number of esters is 2. The minimum absolute atomic E-state index is 0.262. The molecule has 0 aliphatic rings. The lowest BCUT2D eigenvalue weighted by Gasteiger charge is -2.26. The van der Waals surface area contributed by atoms with Crippen molar-refractivity contribution in [2.24, 2.45) is 5.41 Å². The van der Waals surface area contributed by atoms with Gasteiger partial charge in [-0.15, -0.1) is 0 Å². The summed E-state index contributed by atoms with van der Waals surface area (Å²) in [6.45, 7) is 5.87. The van der Waals surface area contributed by atoms with E-state index in [-0.39, 0.29) is 13.2 Å². The third-order valence-electron chi connectivity index (χ3n) is 3.73. The van der Waals surface area contributed by atoms with Gasteiger partial charge in [-0.1, -0.05) is 44.2 Å². The maximum Gasteiger partial charge on any atom is 0.323 e. The van der Waals surface area contributed by atoms with E-state index in [0.29, 0.717) is 19.3 Å². The summed E-state index contributed by atoms with van der Waals surface area (Å²) < 4.78 is 10.4. The quantitative estimate of drug-likeness (QED) is 0.545. The van der Waals surface area contributed by atoms with Crippen LogP contribution in [0, 0.1) is 5.41 Å². The molecule has 1 aromatic carbocycles. The number of benzene rings is 1. The first kappa shape index (κ1) is 17.2. The number of ether oxygens (including phenoxy) is 2. The Labute approximate surface area is 126 Å². The Balaban J connectivity index is 2.63. The number of carbonyl (C=O) groups excluding carboxylic acids is 2. The third kappa shape index (κ3) is 4.31. The van der Waals surface area contributed by atoms with Gasteiger partial charge in [-0.2, -0.15) is 0 Å². The normalized spacial score (nSPS) is 11.0. The molecule has 0 aliphatic carbocycles. The van der Waals surface area contributed by atoms with Gasteiger partial charge in [0.05, 0.1) is 13.2 Å². The van der Waals surface area contributed by atoms with Gasteiger partial charge in [0.1, 0.15) is 0 Å². The van der Waals surface area contributed by atoms with Crippen LogP contribution in [-0.2, 0) is 25.5 Å². The molecule has 0 saturated carbocycles. The minimum Gasteiger partial charge on any atom is -0.465 e. The summed E-state index contributed by atoms with van der Waals surface area (Å²) in [4.78, 5) is 24.4. The van der Waals surface area contributed by atoms with Crippen LogP contribution in [0.25, 0.3) is 0 Å². The van der Waals surface area contributed by atoms with E-state index in [1.807, 2.05) is 30.3 Å². The highest BCUT2D eigenvalue weighted by molar-refractivity contribution is 5.99. The van der Waals surface area contributed by atoms with Crippen molar-refractivity contribution >= 4 is 11.9 Å². The van der Waals surface area contributed by atoms with Gasteiger partial charge >= 0.3 is 11.9 Å². The van der Waals surface area contributed by atoms with Crippen LogP contribution in [0.2, 0.25) is 0 Å². The molecule has 0 N–H and O–H groups in total. The molecule has 0 bridgehead atoms. The van der Waals surface area contributed by atoms with Gasteiger partial charge in [-0.3, -0.25) is 9.59 Å². The van der Waals surface area contributed by atoms with Crippen LogP contribution in [0.3, 0.4) is 0 Å². The monoisotopic (exact) mass is 292 g/mol. The van der Waals surface area contributed by atoms with E-state index >= 15 is 0 Å². The number of hydrogen-bond donors (Lipinski definition) is 0. The van der Waals surface area contributed by atoms with Crippen molar-refractivity contribution < 1.29 is 19.1 Å². The molecule has 0 saturated heterocycles. The van der Waals surface area contributed by atoms with Crippen molar-refractivity contribution in [2.45, 2.75) is 40.0 Å². The summed E-state index contributed by atoms with van der Waals surface area (Å²) in [6, 6.07) is 9.78. The molecule has 0 unspecified atom stereocenters. The highest BCUT2D eigenvalue weighted by atomic mass is 16.6. The molecular formula is C17H24O4. The fourth-order valence-electron chi connectivity index (χ4n) is 2.22. The average Bonchev–Trinajstić information content (AvgIpc) is 2.50. The zero-order valence-corrected chi connectivity index (χ0v) is 13.1. The van der Waals surface area contributed by atoms with Gasteiger partial charge in [-0.25, -0.2) is 0 Å². The predicted molar refractivity (Wildman–Crippen MR) is 80.8 cm³/mol. The smallest absolute Gasteiger partial charge is 0.323 e. The van der Waals surface area contributed by atoms with Crippen LogP contribution in [0.4, 0.5) is 0 Å². The second kappa shape index (κ2) is 8.45. The Morgan fingerprint density at radius 3 is 2.05 bits per heavy atom. The van der Waals surface area contributed by atoms with Crippen LogP contribution in [0.5, 0.6) is 0 Å². The van der Waals surface area contributed by atoms with Gasteiger partial charge < -0.3 is 9.47 Å². The fraction of sp³-hybridized carbons (Fsp3) is 0.529. The van der Waals surface area contributed by atoms with Gasteiger partial charge in [0.2, 0.25) is 0 Å². The Morgan fingerprint density at radius 2 is 1.52 bits per heavy atom. The molecule has 21 heavy (non-hydrogen) atoms. The van der Waals surface area contributed by atoms with Gasteiger partial charge in [0, 0.05) is 6.42 Å². The first-order valence-corrected chi connectivity index (χ1v) is 7.49. The summed E-state index contributed by atoms with van der Waals surface area (Å²) in [5.41, 5.74) is -0.0767. The molecule has 0 heterocycles. The average molecular weight is 292 g/mol. The molecule has 4 heteroatoms. The van der Waals surface area contributed by atoms with Gasteiger partial charge in [0.15, 0.2) is 5.41 Å². The summed E-state index contributed by atoms with van der Waals surface area (Å²) in [5, 5.41) is 0. The van der Waals surface area contributed by atoms with E-state index in [4.69, 9.17) is 9.47 Å². The van der Waals surface area contributed by atoms with Crippen LogP contribution in [-0.4, -0.2) is 25.2 Å². The summed E-state index contributed by atoms with van der Waals surface area (Å²) in [6.07, 6.45) is 1.40.